The highest BCUT2D eigenvalue weighted by Gasteiger charge is 2.05. The second-order valence-electron chi connectivity index (χ2n) is 3.96. The van der Waals surface area contributed by atoms with Gasteiger partial charge in [0.05, 0.1) is 0 Å². The van der Waals surface area contributed by atoms with Crippen LogP contribution in [-0.2, 0) is 6.54 Å². The van der Waals surface area contributed by atoms with Gasteiger partial charge in [-0.15, -0.1) is 0 Å². The first-order chi connectivity index (χ1) is 7.77. The van der Waals surface area contributed by atoms with E-state index in [9.17, 15) is 0 Å². The first-order valence-electron chi connectivity index (χ1n) is 5.42. The number of nitrogens with one attached hydrogen (secondary N) is 1. The molecule has 0 aliphatic carbocycles. The molecule has 16 heavy (non-hydrogen) atoms. The summed E-state index contributed by atoms with van der Waals surface area (Å²) in [5.74, 6) is 0. The van der Waals surface area contributed by atoms with E-state index in [2.05, 4.69) is 47.0 Å². The normalized spacial score (nSPS) is 12.6. The average molecular weight is 232 g/mol. The van der Waals surface area contributed by atoms with E-state index in [0.29, 0.717) is 6.04 Å². The maximum absolute atomic E-state index is 4.03. The van der Waals surface area contributed by atoms with Crippen LogP contribution in [0.25, 0.3) is 0 Å². The lowest BCUT2D eigenvalue weighted by atomic mass is 10.1. The van der Waals surface area contributed by atoms with Crippen molar-refractivity contribution in [1.82, 2.24) is 10.3 Å². The molecule has 0 aliphatic heterocycles. The van der Waals surface area contributed by atoms with Crippen molar-refractivity contribution in [3.05, 3.63) is 52.0 Å². The molecule has 0 aliphatic rings. The Balaban J connectivity index is 1.94. The molecule has 1 atom stereocenters. The number of hydrogen-bond acceptors (Lipinski definition) is 3. The van der Waals surface area contributed by atoms with E-state index in [1.807, 2.05) is 12.4 Å². The second kappa shape index (κ2) is 5.23. The highest BCUT2D eigenvalue weighted by molar-refractivity contribution is 7.08. The third-order valence-electron chi connectivity index (χ3n) is 2.77. The Hall–Kier alpha value is -1.19. The van der Waals surface area contributed by atoms with Gasteiger partial charge in [-0.1, -0.05) is 0 Å². The number of aryl methyl sites for hydroxylation is 1. The molecule has 2 aromatic rings. The molecule has 1 unspecified atom stereocenters. The van der Waals surface area contributed by atoms with Gasteiger partial charge in [0.25, 0.3) is 0 Å². The van der Waals surface area contributed by atoms with Gasteiger partial charge in [0.15, 0.2) is 0 Å². The highest BCUT2D eigenvalue weighted by Crippen LogP contribution is 2.16. The smallest absolute Gasteiger partial charge is 0.0296 e. The molecular weight excluding hydrogens is 216 g/mol. The molecule has 2 heterocycles. The fraction of sp³-hybridized carbons (Fsp3) is 0.308. The molecule has 2 aromatic heterocycles. The van der Waals surface area contributed by atoms with Crippen LogP contribution in [0.2, 0.25) is 0 Å². The van der Waals surface area contributed by atoms with Crippen LogP contribution in [0.5, 0.6) is 0 Å². The molecule has 0 radical (unpaired) electrons. The summed E-state index contributed by atoms with van der Waals surface area (Å²) in [7, 11) is 0. The van der Waals surface area contributed by atoms with Crippen LogP contribution < -0.4 is 5.32 Å². The van der Waals surface area contributed by atoms with Crippen LogP contribution in [0.4, 0.5) is 0 Å². The minimum absolute atomic E-state index is 0.363. The van der Waals surface area contributed by atoms with Crippen LogP contribution in [0.3, 0.4) is 0 Å². The summed E-state index contributed by atoms with van der Waals surface area (Å²) in [6.45, 7) is 5.26. The van der Waals surface area contributed by atoms with E-state index < -0.39 is 0 Å². The van der Waals surface area contributed by atoms with Gasteiger partial charge in [-0.3, -0.25) is 4.98 Å². The van der Waals surface area contributed by atoms with Gasteiger partial charge >= 0.3 is 0 Å². The van der Waals surface area contributed by atoms with E-state index in [1.54, 1.807) is 11.3 Å². The number of pyridine rings is 1. The fourth-order valence-corrected chi connectivity index (χ4v) is 2.46. The van der Waals surface area contributed by atoms with E-state index in [1.165, 1.54) is 16.7 Å². The Morgan fingerprint density at radius 3 is 2.69 bits per heavy atom. The van der Waals surface area contributed by atoms with Crippen molar-refractivity contribution in [2.24, 2.45) is 0 Å². The molecule has 84 valence electrons. The van der Waals surface area contributed by atoms with Gasteiger partial charge in [0.2, 0.25) is 0 Å². The molecular formula is C13H16N2S. The molecule has 0 bridgehead atoms. The standard InChI is InChI=1S/C13H16N2S/c1-10-8-16-9-13(10)7-15-11(2)12-3-5-14-6-4-12/h3-6,8-9,11,15H,7H2,1-2H3. The fourth-order valence-electron chi connectivity index (χ4n) is 1.60. The topological polar surface area (TPSA) is 24.9 Å². The zero-order chi connectivity index (χ0) is 11.4. The first-order valence-corrected chi connectivity index (χ1v) is 6.36. The Bertz CT molecular complexity index is 436. The molecule has 2 rings (SSSR count). The van der Waals surface area contributed by atoms with Crippen molar-refractivity contribution in [1.29, 1.82) is 0 Å². The molecule has 0 spiro atoms. The Morgan fingerprint density at radius 1 is 1.31 bits per heavy atom. The van der Waals surface area contributed by atoms with E-state index in [4.69, 9.17) is 0 Å². The molecule has 3 heteroatoms. The molecule has 0 fully saturated rings. The molecule has 0 aromatic carbocycles. The first kappa shape index (κ1) is 11.3. The van der Waals surface area contributed by atoms with E-state index in [-0.39, 0.29) is 0 Å². The number of hydrogen-bond donors (Lipinski definition) is 1. The highest BCUT2D eigenvalue weighted by atomic mass is 32.1. The minimum Gasteiger partial charge on any atom is -0.306 e. The summed E-state index contributed by atoms with van der Waals surface area (Å²) in [5, 5.41) is 7.92. The third kappa shape index (κ3) is 2.68. The van der Waals surface area contributed by atoms with Crippen molar-refractivity contribution in [3.63, 3.8) is 0 Å². The predicted octanol–water partition coefficient (Wildman–Crippen LogP) is 3.30. The number of rotatable bonds is 4. The van der Waals surface area contributed by atoms with Gasteiger partial charge in [0, 0.05) is 25.0 Å². The van der Waals surface area contributed by atoms with Gasteiger partial charge < -0.3 is 5.32 Å². The van der Waals surface area contributed by atoms with Crippen LogP contribution >= 0.6 is 11.3 Å². The van der Waals surface area contributed by atoms with Crippen LogP contribution in [-0.4, -0.2) is 4.98 Å². The lowest BCUT2D eigenvalue weighted by Gasteiger charge is -2.13. The second-order valence-corrected chi connectivity index (χ2v) is 4.71. The summed E-state index contributed by atoms with van der Waals surface area (Å²) in [5.41, 5.74) is 4.05. The Kier molecular flexibility index (Phi) is 3.70. The number of nitrogens with zero attached hydrogens (tertiary/aromatic N) is 1. The maximum atomic E-state index is 4.03. The zero-order valence-corrected chi connectivity index (χ0v) is 10.4. The predicted molar refractivity (Wildman–Crippen MR) is 68.5 cm³/mol. The summed E-state index contributed by atoms with van der Waals surface area (Å²) in [6, 6.07) is 4.47. The summed E-state index contributed by atoms with van der Waals surface area (Å²) >= 11 is 1.76. The van der Waals surface area contributed by atoms with E-state index >= 15 is 0 Å². The molecule has 1 N–H and O–H groups in total. The quantitative estimate of drug-likeness (QED) is 0.875. The Labute approximate surface area is 100 Å². The van der Waals surface area contributed by atoms with Crippen molar-refractivity contribution in [3.8, 4) is 0 Å². The third-order valence-corrected chi connectivity index (χ3v) is 3.68. The summed E-state index contributed by atoms with van der Waals surface area (Å²) in [4.78, 5) is 4.03. The lowest BCUT2D eigenvalue weighted by Crippen LogP contribution is -2.18. The van der Waals surface area contributed by atoms with Crippen LogP contribution in [0.15, 0.2) is 35.3 Å². The molecule has 2 nitrogen and oxygen atoms in total. The van der Waals surface area contributed by atoms with Crippen LogP contribution in [0.1, 0.15) is 29.7 Å². The van der Waals surface area contributed by atoms with Gasteiger partial charge in [-0.25, -0.2) is 0 Å². The summed E-state index contributed by atoms with van der Waals surface area (Å²) in [6.07, 6.45) is 3.67. The largest absolute Gasteiger partial charge is 0.306 e. The molecule has 0 saturated carbocycles. The van der Waals surface area contributed by atoms with Crippen LogP contribution in [0, 0.1) is 6.92 Å². The minimum atomic E-state index is 0.363. The van der Waals surface area contributed by atoms with E-state index in [0.717, 1.165) is 6.54 Å². The SMILES string of the molecule is Cc1cscc1CNC(C)c1ccncc1. The summed E-state index contributed by atoms with van der Waals surface area (Å²) < 4.78 is 0. The zero-order valence-electron chi connectivity index (χ0n) is 9.60. The van der Waals surface area contributed by atoms with Crippen molar-refractivity contribution < 1.29 is 0 Å². The Morgan fingerprint density at radius 2 is 2.06 bits per heavy atom. The van der Waals surface area contributed by atoms with Gasteiger partial charge in [-0.05, 0) is 53.4 Å². The maximum Gasteiger partial charge on any atom is 0.0296 e. The lowest BCUT2D eigenvalue weighted by molar-refractivity contribution is 0.574. The number of aromatic nitrogens is 1. The monoisotopic (exact) mass is 232 g/mol. The van der Waals surface area contributed by atoms with Crippen molar-refractivity contribution in [2.45, 2.75) is 26.4 Å². The van der Waals surface area contributed by atoms with Gasteiger partial charge in [0.1, 0.15) is 0 Å². The molecule has 0 saturated heterocycles. The average Bonchev–Trinajstić information content (AvgIpc) is 2.73. The number of thiophene rings is 1. The van der Waals surface area contributed by atoms with Crippen molar-refractivity contribution in [2.75, 3.05) is 0 Å². The van der Waals surface area contributed by atoms with Crippen molar-refractivity contribution >= 4 is 11.3 Å². The molecule has 0 amide bonds. The van der Waals surface area contributed by atoms with Gasteiger partial charge in [-0.2, -0.15) is 11.3 Å².